The van der Waals surface area contributed by atoms with Crippen molar-refractivity contribution in [2.75, 3.05) is 13.1 Å². The lowest BCUT2D eigenvalue weighted by molar-refractivity contribution is 0.0158. The minimum Gasteiger partial charge on any atom is -0.471 e. The van der Waals surface area contributed by atoms with Crippen LogP contribution in [0.25, 0.3) is 0 Å². The zero-order valence-corrected chi connectivity index (χ0v) is 11.5. The van der Waals surface area contributed by atoms with Gasteiger partial charge in [0, 0.05) is 18.5 Å². The molecule has 1 saturated heterocycles. The Morgan fingerprint density at radius 2 is 2.27 bits per heavy atom. The summed E-state index contributed by atoms with van der Waals surface area (Å²) in [7, 11) is 0. The molecule has 1 aliphatic heterocycles. The van der Waals surface area contributed by atoms with Crippen LogP contribution in [0.4, 0.5) is 0 Å². The van der Waals surface area contributed by atoms with E-state index in [0.717, 1.165) is 0 Å². The molecule has 0 saturated carbocycles. The zero-order valence-electron chi connectivity index (χ0n) is 11.5. The number of nitriles is 1. The van der Waals surface area contributed by atoms with E-state index < -0.39 is 5.56 Å². The first-order valence-corrected chi connectivity index (χ1v) is 6.67. The third-order valence-electron chi connectivity index (χ3n) is 3.34. The Kier molecular flexibility index (Phi) is 3.58. The first-order chi connectivity index (χ1) is 10.7. The fraction of sp³-hybridized carbons (Fsp3) is 0.200. The topological polar surface area (TPSA) is 99.1 Å². The highest BCUT2D eigenvalue weighted by Gasteiger charge is 2.33. The summed E-state index contributed by atoms with van der Waals surface area (Å²) in [5.41, 5.74) is 0.180. The Morgan fingerprint density at radius 1 is 1.45 bits per heavy atom. The van der Waals surface area contributed by atoms with Crippen molar-refractivity contribution < 1.29 is 9.53 Å². The number of amides is 1. The van der Waals surface area contributed by atoms with Crippen LogP contribution < -0.4 is 10.3 Å². The largest absolute Gasteiger partial charge is 0.471 e. The van der Waals surface area contributed by atoms with Crippen LogP contribution in [-0.2, 0) is 0 Å². The predicted molar refractivity (Wildman–Crippen MR) is 76.3 cm³/mol. The quantitative estimate of drug-likeness (QED) is 0.891. The van der Waals surface area contributed by atoms with Gasteiger partial charge in [0.1, 0.15) is 11.7 Å². The van der Waals surface area contributed by atoms with E-state index in [9.17, 15) is 9.59 Å². The minimum absolute atomic E-state index is 0.116. The highest BCUT2D eigenvalue weighted by Crippen LogP contribution is 2.18. The SMILES string of the molecule is N#Cc1ccnc(OC2CN(C(=O)c3ccc[nH]c3=O)C2)c1. The van der Waals surface area contributed by atoms with Gasteiger partial charge in [0.15, 0.2) is 0 Å². The average Bonchev–Trinajstić information content (AvgIpc) is 2.50. The maximum atomic E-state index is 12.1. The number of ether oxygens (including phenoxy) is 1. The van der Waals surface area contributed by atoms with Crippen molar-refractivity contribution in [1.82, 2.24) is 14.9 Å². The number of nitrogens with zero attached hydrogens (tertiary/aromatic N) is 3. The van der Waals surface area contributed by atoms with Crippen molar-refractivity contribution in [3.05, 3.63) is 58.1 Å². The summed E-state index contributed by atoms with van der Waals surface area (Å²) < 4.78 is 5.60. The number of H-pyrrole nitrogens is 1. The van der Waals surface area contributed by atoms with Gasteiger partial charge in [-0.1, -0.05) is 0 Å². The van der Waals surface area contributed by atoms with Crippen LogP contribution in [0, 0.1) is 11.3 Å². The molecule has 1 fully saturated rings. The molecule has 0 spiro atoms. The van der Waals surface area contributed by atoms with E-state index in [1.165, 1.54) is 23.4 Å². The molecule has 3 rings (SSSR count). The summed E-state index contributed by atoms with van der Waals surface area (Å²) >= 11 is 0. The molecule has 2 aromatic heterocycles. The van der Waals surface area contributed by atoms with E-state index in [1.807, 2.05) is 6.07 Å². The summed E-state index contributed by atoms with van der Waals surface area (Å²) in [6.45, 7) is 0.761. The molecule has 7 nitrogen and oxygen atoms in total. The first kappa shape index (κ1) is 13.8. The summed E-state index contributed by atoms with van der Waals surface area (Å²) in [5, 5.41) is 8.82. The fourth-order valence-electron chi connectivity index (χ4n) is 2.15. The fourth-order valence-corrected chi connectivity index (χ4v) is 2.15. The van der Waals surface area contributed by atoms with Crippen LogP contribution in [0.1, 0.15) is 15.9 Å². The Bertz CT molecular complexity index is 803. The van der Waals surface area contributed by atoms with Crippen LogP contribution in [0.2, 0.25) is 0 Å². The van der Waals surface area contributed by atoms with E-state index in [2.05, 4.69) is 9.97 Å². The predicted octanol–water partition coefficient (Wildman–Crippen LogP) is 0.545. The lowest BCUT2D eigenvalue weighted by atomic mass is 10.1. The molecule has 0 aromatic carbocycles. The van der Waals surface area contributed by atoms with Crippen LogP contribution in [-0.4, -0.2) is 40.0 Å². The minimum atomic E-state index is -0.403. The van der Waals surface area contributed by atoms with Crippen molar-refractivity contribution >= 4 is 5.91 Å². The van der Waals surface area contributed by atoms with Crippen LogP contribution in [0.15, 0.2) is 41.5 Å². The standard InChI is InChI=1S/C15H12N4O3/c16-7-10-3-5-17-13(6-10)22-11-8-19(9-11)15(21)12-2-1-4-18-14(12)20/h1-6,11H,8-9H2,(H,18,20). The molecule has 22 heavy (non-hydrogen) atoms. The monoisotopic (exact) mass is 296 g/mol. The van der Waals surface area contributed by atoms with Crippen LogP contribution in [0.3, 0.4) is 0 Å². The van der Waals surface area contributed by atoms with Gasteiger partial charge in [0.25, 0.3) is 11.5 Å². The number of carbonyl (C=O) groups is 1. The van der Waals surface area contributed by atoms with Gasteiger partial charge in [-0.2, -0.15) is 5.26 Å². The van der Waals surface area contributed by atoms with Gasteiger partial charge in [-0.25, -0.2) is 4.98 Å². The van der Waals surface area contributed by atoms with E-state index in [4.69, 9.17) is 10.00 Å². The van der Waals surface area contributed by atoms with E-state index in [1.54, 1.807) is 18.2 Å². The molecular formula is C15H12N4O3. The molecule has 0 aliphatic carbocycles. The number of aromatic amines is 1. The number of carbonyl (C=O) groups excluding carboxylic acids is 1. The van der Waals surface area contributed by atoms with Gasteiger partial charge in [-0.15, -0.1) is 0 Å². The van der Waals surface area contributed by atoms with Gasteiger partial charge in [-0.3, -0.25) is 9.59 Å². The van der Waals surface area contributed by atoms with Crippen molar-refractivity contribution in [3.8, 4) is 11.9 Å². The molecule has 110 valence electrons. The number of rotatable bonds is 3. The highest BCUT2D eigenvalue weighted by molar-refractivity contribution is 5.94. The molecule has 1 N–H and O–H groups in total. The number of nitrogens with one attached hydrogen (secondary N) is 1. The Balaban J connectivity index is 1.60. The van der Waals surface area contributed by atoms with Crippen LogP contribution >= 0.6 is 0 Å². The number of likely N-dealkylation sites (tertiary alicyclic amines) is 1. The molecule has 3 heterocycles. The number of hydrogen-bond donors (Lipinski definition) is 1. The van der Waals surface area contributed by atoms with Crippen molar-refractivity contribution in [1.29, 1.82) is 5.26 Å². The van der Waals surface area contributed by atoms with E-state index in [0.29, 0.717) is 24.5 Å². The molecular weight excluding hydrogens is 284 g/mol. The Morgan fingerprint density at radius 3 is 3.00 bits per heavy atom. The van der Waals surface area contributed by atoms with Gasteiger partial charge in [0.2, 0.25) is 5.88 Å². The number of aromatic nitrogens is 2. The summed E-state index contributed by atoms with van der Waals surface area (Å²) in [4.78, 5) is 31.7. The number of hydrogen-bond acceptors (Lipinski definition) is 5. The molecule has 0 bridgehead atoms. The van der Waals surface area contributed by atoms with Crippen molar-refractivity contribution in [2.24, 2.45) is 0 Å². The highest BCUT2D eigenvalue weighted by atomic mass is 16.5. The Hall–Kier alpha value is -3.14. The Labute approximate surface area is 125 Å². The third kappa shape index (κ3) is 2.67. The van der Waals surface area contributed by atoms with E-state index in [-0.39, 0.29) is 17.6 Å². The third-order valence-corrected chi connectivity index (χ3v) is 3.34. The maximum absolute atomic E-state index is 12.1. The van der Waals surface area contributed by atoms with E-state index >= 15 is 0 Å². The van der Waals surface area contributed by atoms with Gasteiger partial charge in [-0.05, 0) is 18.2 Å². The molecule has 7 heteroatoms. The zero-order chi connectivity index (χ0) is 15.5. The maximum Gasteiger partial charge on any atom is 0.260 e. The molecule has 0 atom stereocenters. The lowest BCUT2D eigenvalue weighted by Gasteiger charge is -2.38. The lowest BCUT2D eigenvalue weighted by Crippen LogP contribution is -2.56. The molecule has 0 radical (unpaired) electrons. The van der Waals surface area contributed by atoms with Gasteiger partial charge < -0.3 is 14.6 Å². The molecule has 2 aromatic rings. The smallest absolute Gasteiger partial charge is 0.260 e. The average molecular weight is 296 g/mol. The van der Waals surface area contributed by atoms with Crippen molar-refractivity contribution in [2.45, 2.75) is 6.10 Å². The second-order valence-corrected chi connectivity index (χ2v) is 4.86. The second kappa shape index (κ2) is 5.69. The second-order valence-electron chi connectivity index (χ2n) is 4.86. The summed E-state index contributed by atoms with van der Waals surface area (Å²) in [6, 6.07) is 8.25. The molecule has 0 unspecified atom stereocenters. The summed E-state index contributed by atoms with van der Waals surface area (Å²) in [6.07, 6.45) is 2.79. The van der Waals surface area contributed by atoms with Gasteiger partial charge in [0.05, 0.1) is 24.7 Å². The van der Waals surface area contributed by atoms with Crippen LogP contribution in [0.5, 0.6) is 5.88 Å². The number of pyridine rings is 2. The normalized spacial score (nSPS) is 14.0. The molecule has 1 aliphatic rings. The molecule has 1 amide bonds. The summed E-state index contributed by atoms with van der Waals surface area (Å²) in [5.74, 6) is 0.0362. The van der Waals surface area contributed by atoms with Crippen molar-refractivity contribution in [3.63, 3.8) is 0 Å². The first-order valence-electron chi connectivity index (χ1n) is 6.67. The van der Waals surface area contributed by atoms with Gasteiger partial charge >= 0.3 is 0 Å².